The minimum absolute atomic E-state index is 0.105. The van der Waals surface area contributed by atoms with Gasteiger partial charge >= 0.3 is 39.5 Å². The van der Waals surface area contributed by atoms with Crippen molar-refractivity contribution in [2.75, 3.05) is 39.6 Å². The van der Waals surface area contributed by atoms with Crippen LogP contribution in [-0.4, -0.2) is 96.7 Å². The fraction of sp³-hybridized carbons (Fsp3) is 0.935. The molecule has 480 valence electrons. The molecule has 0 aromatic rings. The highest BCUT2D eigenvalue weighted by molar-refractivity contribution is 7.47. The number of phosphoric ester groups is 2. The lowest BCUT2D eigenvalue weighted by molar-refractivity contribution is -0.161. The molecule has 0 rings (SSSR count). The summed E-state index contributed by atoms with van der Waals surface area (Å²) in [6, 6.07) is 0. The Hall–Kier alpha value is -1.94. The molecule has 0 aliphatic heterocycles. The Morgan fingerprint density at radius 3 is 0.877 bits per heavy atom. The van der Waals surface area contributed by atoms with Gasteiger partial charge in [-0.05, 0) is 31.6 Å². The largest absolute Gasteiger partial charge is 0.472 e. The third-order valence-electron chi connectivity index (χ3n) is 14.6. The second-order valence-electron chi connectivity index (χ2n) is 22.7. The number of phosphoric acid groups is 2. The third-order valence-corrected chi connectivity index (χ3v) is 16.5. The van der Waals surface area contributed by atoms with Gasteiger partial charge in [-0.3, -0.25) is 37.3 Å². The van der Waals surface area contributed by atoms with Gasteiger partial charge < -0.3 is 33.8 Å². The van der Waals surface area contributed by atoms with E-state index < -0.39 is 97.5 Å². The lowest BCUT2D eigenvalue weighted by atomic mass is 9.99. The summed E-state index contributed by atoms with van der Waals surface area (Å²) < 4.78 is 67.8. The number of unbranched alkanes of at least 4 members (excludes halogenated alkanes) is 33. The van der Waals surface area contributed by atoms with E-state index in [9.17, 15) is 43.2 Å². The Balaban J connectivity index is 5.22. The fourth-order valence-electron chi connectivity index (χ4n) is 9.20. The highest BCUT2D eigenvalue weighted by Crippen LogP contribution is 2.45. The van der Waals surface area contributed by atoms with E-state index in [1.165, 1.54) is 122 Å². The average molecular weight is 1200 g/mol. The van der Waals surface area contributed by atoms with Crippen LogP contribution >= 0.6 is 15.6 Å². The molecule has 19 heteroatoms. The number of aliphatic hydroxyl groups excluding tert-OH is 1. The van der Waals surface area contributed by atoms with Gasteiger partial charge in [0.2, 0.25) is 0 Å². The van der Waals surface area contributed by atoms with Crippen molar-refractivity contribution in [2.45, 2.75) is 329 Å². The van der Waals surface area contributed by atoms with Crippen molar-refractivity contribution in [3.05, 3.63) is 0 Å². The van der Waals surface area contributed by atoms with E-state index in [-0.39, 0.29) is 25.7 Å². The molecule has 0 spiro atoms. The minimum atomic E-state index is -4.94. The summed E-state index contributed by atoms with van der Waals surface area (Å²) in [4.78, 5) is 72.0. The summed E-state index contributed by atoms with van der Waals surface area (Å²) in [6.07, 6.45) is 38.9. The molecular weight excluding hydrogens is 1080 g/mol. The van der Waals surface area contributed by atoms with E-state index in [4.69, 9.17) is 37.0 Å². The van der Waals surface area contributed by atoms with Crippen molar-refractivity contribution >= 4 is 39.5 Å². The zero-order chi connectivity index (χ0) is 59.9. The topological polar surface area (TPSA) is 237 Å². The SMILES string of the molecule is CCCCCCCCCCCCCCC(=O)OC[C@H](COP(=O)(O)OC[C@@H](O)COP(=O)(O)OC[C@@H](COC(=O)CCCCCCCCC)OC(=O)CCCCCCCCCCCC)OC(=O)CCCCCCCCCCC(C)CC. The van der Waals surface area contributed by atoms with Crippen LogP contribution in [0.3, 0.4) is 0 Å². The van der Waals surface area contributed by atoms with Gasteiger partial charge in [-0.25, -0.2) is 9.13 Å². The molecule has 3 N–H and O–H groups in total. The van der Waals surface area contributed by atoms with Crippen LogP contribution in [-0.2, 0) is 65.4 Å². The first-order valence-electron chi connectivity index (χ1n) is 32.7. The van der Waals surface area contributed by atoms with Crippen LogP contribution in [0.1, 0.15) is 311 Å². The number of ether oxygens (including phenoxy) is 4. The predicted octanol–water partition coefficient (Wildman–Crippen LogP) is 17.0. The van der Waals surface area contributed by atoms with Crippen molar-refractivity contribution in [3.63, 3.8) is 0 Å². The molecule has 17 nitrogen and oxygen atoms in total. The maximum absolute atomic E-state index is 13.0. The van der Waals surface area contributed by atoms with Crippen LogP contribution in [0, 0.1) is 5.92 Å². The number of carbonyl (C=O) groups excluding carboxylic acids is 4. The molecule has 0 aliphatic carbocycles. The molecule has 0 fully saturated rings. The molecule has 0 amide bonds. The first-order chi connectivity index (χ1) is 39.1. The van der Waals surface area contributed by atoms with Crippen molar-refractivity contribution in [1.82, 2.24) is 0 Å². The Morgan fingerprint density at radius 2 is 0.593 bits per heavy atom. The quantitative estimate of drug-likeness (QED) is 0.0222. The standard InChI is InChI=1S/C62H120O17P2/c1-6-10-13-16-19-21-23-24-26-31-36-41-46-60(65)73-52-58(79-62(67)48-43-38-33-28-27-30-34-39-44-55(5)9-4)54-77-81(70,71)75-50-56(63)49-74-80(68,69)76-53-57(51-72-59(64)45-40-35-29-18-15-12-8-3)78-61(66)47-42-37-32-25-22-20-17-14-11-7-2/h55-58,63H,6-54H2,1-5H3,(H,68,69)(H,70,71)/t55?,56-,57+,58+/m0/s1. The van der Waals surface area contributed by atoms with Crippen LogP contribution in [0.25, 0.3) is 0 Å². The summed E-state index contributed by atoms with van der Waals surface area (Å²) in [7, 11) is -9.88. The monoisotopic (exact) mass is 1200 g/mol. The van der Waals surface area contributed by atoms with E-state index in [0.717, 1.165) is 109 Å². The summed E-state index contributed by atoms with van der Waals surface area (Å²) in [6.45, 7) is 7.13. The van der Waals surface area contributed by atoms with Crippen molar-refractivity contribution in [1.29, 1.82) is 0 Å². The fourth-order valence-corrected chi connectivity index (χ4v) is 10.8. The average Bonchev–Trinajstić information content (AvgIpc) is 3.44. The first kappa shape index (κ1) is 79.1. The normalized spacial score (nSPS) is 14.6. The minimum Gasteiger partial charge on any atom is -0.462 e. The summed E-state index contributed by atoms with van der Waals surface area (Å²) >= 11 is 0. The van der Waals surface area contributed by atoms with Crippen molar-refractivity contribution in [3.8, 4) is 0 Å². The predicted molar refractivity (Wildman–Crippen MR) is 322 cm³/mol. The Kier molecular flexibility index (Phi) is 54.6. The smallest absolute Gasteiger partial charge is 0.462 e. The summed E-state index contributed by atoms with van der Waals surface area (Å²) in [5.74, 6) is -1.37. The second kappa shape index (κ2) is 55.9. The van der Waals surface area contributed by atoms with Gasteiger partial charge in [-0.15, -0.1) is 0 Å². The molecule has 0 bridgehead atoms. The number of rotatable bonds is 62. The van der Waals surface area contributed by atoms with Crippen LogP contribution < -0.4 is 0 Å². The number of carbonyl (C=O) groups is 4. The van der Waals surface area contributed by atoms with Crippen LogP contribution in [0.15, 0.2) is 0 Å². The zero-order valence-corrected chi connectivity index (χ0v) is 53.7. The molecule has 0 heterocycles. The zero-order valence-electron chi connectivity index (χ0n) is 51.9. The third kappa shape index (κ3) is 55.7. The molecular formula is C62H120O17P2. The van der Waals surface area contributed by atoms with E-state index in [2.05, 4.69) is 34.6 Å². The van der Waals surface area contributed by atoms with E-state index >= 15 is 0 Å². The van der Waals surface area contributed by atoms with Crippen LogP contribution in [0.4, 0.5) is 0 Å². The first-order valence-corrected chi connectivity index (χ1v) is 35.7. The Bertz CT molecular complexity index is 1590. The molecule has 81 heavy (non-hydrogen) atoms. The number of hydrogen-bond donors (Lipinski definition) is 3. The molecule has 0 aromatic carbocycles. The van der Waals surface area contributed by atoms with Crippen molar-refractivity contribution in [2.24, 2.45) is 5.92 Å². The highest BCUT2D eigenvalue weighted by atomic mass is 31.2. The van der Waals surface area contributed by atoms with E-state index in [0.29, 0.717) is 25.7 Å². The molecule has 0 saturated heterocycles. The number of hydrogen-bond acceptors (Lipinski definition) is 15. The molecule has 0 aliphatic rings. The summed E-state index contributed by atoms with van der Waals surface area (Å²) in [5.41, 5.74) is 0. The molecule has 6 atom stereocenters. The second-order valence-corrected chi connectivity index (χ2v) is 25.6. The van der Waals surface area contributed by atoms with Crippen LogP contribution in [0.2, 0.25) is 0 Å². The van der Waals surface area contributed by atoms with E-state index in [1.807, 2.05) is 0 Å². The lowest BCUT2D eigenvalue weighted by Gasteiger charge is -2.21. The maximum atomic E-state index is 13.0. The number of aliphatic hydroxyl groups is 1. The maximum Gasteiger partial charge on any atom is 0.472 e. The van der Waals surface area contributed by atoms with Gasteiger partial charge in [0.15, 0.2) is 12.2 Å². The molecule has 0 aromatic heterocycles. The van der Waals surface area contributed by atoms with E-state index in [1.54, 1.807) is 0 Å². The Labute approximate surface area is 492 Å². The van der Waals surface area contributed by atoms with Gasteiger partial charge in [0.05, 0.1) is 26.4 Å². The Morgan fingerprint density at radius 1 is 0.346 bits per heavy atom. The molecule has 0 radical (unpaired) electrons. The van der Waals surface area contributed by atoms with Crippen molar-refractivity contribution < 1.29 is 80.2 Å². The van der Waals surface area contributed by atoms with Gasteiger partial charge in [0, 0.05) is 25.7 Å². The molecule has 3 unspecified atom stereocenters. The van der Waals surface area contributed by atoms with Gasteiger partial charge in [0.25, 0.3) is 0 Å². The lowest BCUT2D eigenvalue weighted by Crippen LogP contribution is -2.30. The van der Waals surface area contributed by atoms with Gasteiger partial charge in [0.1, 0.15) is 19.3 Å². The van der Waals surface area contributed by atoms with Crippen LogP contribution in [0.5, 0.6) is 0 Å². The number of esters is 4. The molecule has 0 saturated carbocycles. The van der Waals surface area contributed by atoms with Gasteiger partial charge in [-0.1, -0.05) is 259 Å². The highest BCUT2D eigenvalue weighted by Gasteiger charge is 2.30. The van der Waals surface area contributed by atoms with Gasteiger partial charge in [-0.2, -0.15) is 0 Å². The summed E-state index contributed by atoms with van der Waals surface area (Å²) in [5, 5.41) is 10.5.